The first-order chi connectivity index (χ1) is 5.27. The summed E-state index contributed by atoms with van der Waals surface area (Å²) in [4.78, 5) is 0. The van der Waals surface area contributed by atoms with Gasteiger partial charge in [0.1, 0.15) is 13.7 Å². The molecule has 1 aromatic carbocycles. The largest absolute Gasteiger partial charge is 0.278 e. The minimum absolute atomic E-state index is 0.337. The van der Waals surface area contributed by atoms with Crippen molar-refractivity contribution in [3.05, 3.63) is 24.1 Å². The Morgan fingerprint density at radius 3 is 3.09 bits per heavy atom. The fourth-order valence-corrected chi connectivity index (χ4v) is 1.05. The van der Waals surface area contributed by atoms with E-state index in [0.29, 0.717) is 16.4 Å². The zero-order valence-electron chi connectivity index (χ0n) is 5.63. The summed E-state index contributed by atoms with van der Waals surface area (Å²) in [6.45, 7) is 0. The number of halogens is 1. The third-order valence-electron chi connectivity index (χ3n) is 1.54. The van der Waals surface area contributed by atoms with Gasteiger partial charge < -0.3 is 0 Å². The van der Waals surface area contributed by atoms with Gasteiger partial charge in [-0.1, -0.05) is 5.46 Å². The van der Waals surface area contributed by atoms with Crippen LogP contribution in [0.5, 0.6) is 0 Å². The van der Waals surface area contributed by atoms with Crippen molar-refractivity contribution < 1.29 is 4.39 Å². The molecule has 2 aromatic rings. The van der Waals surface area contributed by atoms with E-state index in [4.69, 9.17) is 7.85 Å². The van der Waals surface area contributed by atoms with Crippen molar-refractivity contribution >= 4 is 24.2 Å². The first-order valence-electron chi connectivity index (χ1n) is 3.15. The van der Waals surface area contributed by atoms with Gasteiger partial charge >= 0.3 is 0 Å². The Hall–Kier alpha value is -1.32. The molecule has 1 aromatic heterocycles. The summed E-state index contributed by atoms with van der Waals surface area (Å²) in [5.74, 6) is -0.337. The van der Waals surface area contributed by atoms with E-state index in [-0.39, 0.29) is 5.82 Å². The summed E-state index contributed by atoms with van der Waals surface area (Å²) in [7, 11) is 5.49. The second kappa shape index (κ2) is 2.08. The van der Waals surface area contributed by atoms with Crippen molar-refractivity contribution in [2.45, 2.75) is 0 Å². The van der Waals surface area contributed by atoms with Crippen LogP contribution in [0.25, 0.3) is 10.9 Å². The fraction of sp³-hybridized carbons (Fsp3) is 0. The van der Waals surface area contributed by atoms with E-state index in [1.54, 1.807) is 0 Å². The SMILES string of the molecule is [B]c1cc(F)cc2cn[nH]c12. The van der Waals surface area contributed by atoms with Crippen molar-refractivity contribution in [1.82, 2.24) is 10.2 Å². The fourth-order valence-electron chi connectivity index (χ4n) is 1.05. The lowest BCUT2D eigenvalue weighted by Crippen LogP contribution is -2.04. The first-order valence-corrected chi connectivity index (χ1v) is 3.15. The lowest BCUT2D eigenvalue weighted by Gasteiger charge is -1.94. The highest BCUT2D eigenvalue weighted by Crippen LogP contribution is 2.08. The molecule has 0 aliphatic carbocycles. The molecule has 2 nitrogen and oxygen atoms in total. The van der Waals surface area contributed by atoms with Crippen LogP contribution in [0.3, 0.4) is 0 Å². The summed E-state index contributed by atoms with van der Waals surface area (Å²) in [6, 6.07) is 2.65. The predicted octanol–water partition coefficient (Wildman–Crippen LogP) is 0.496. The molecule has 0 bridgehead atoms. The number of aromatic nitrogens is 2. The molecule has 0 amide bonds. The number of hydrogen-bond acceptors (Lipinski definition) is 1. The Morgan fingerprint density at radius 2 is 2.27 bits per heavy atom. The van der Waals surface area contributed by atoms with E-state index < -0.39 is 0 Å². The Balaban J connectivity index is 2.91. The standard InChI is InChI=1S/C7H4BFN2/c8-6-2-5(9)1-4-3-10-11-7(4)6/h1-3H,(H,10,11). The van der Waals surface area contributed by atoms with E-state index in [9.17, 15) is 4.39 Å². The molecular weight excluding hydrogens is 142 g/mol. The lowest BCUT2D eigenvalue weighted by molar-refractivity contribution is 0.630. The van der Waals surface area contributed by atoms with Crippen LogP contribution in [0.2, 0.25) is 0 Å². The Bertz CT molecular complexity index is 396. The molecule has 2 radical (unpaired) electrons. The monoisotopic (exact) mass is 146 g/mol. The molecule has 2 rings (SSSR count). The molecule has 52 valence electrons. The lowest BCUT2D eigenvalue weighted by atomic mass is 9.94. The molecule has 0 aliphatic rings. The van der Waals surface area contributed by atoms with Crippen molar-refractivity contribution in [2.24, 2.45) is 0 Å². The molecule has 0 unspecified atom stereocenters. The quantitative estimate of drug-likeness (QED) is 0.538. The average Bonchev–Trinajstić information content (AvgIpc) is 2.34. The highest BCUT2D eigenvalue weighted by Gasteiger charge is 2.00. The number of nitrogens with one attached hydrogen (secondary N) is 1. The van der Waals surface area contributed by atoms with E-state index in [2.05, 4.69) is 10.2 Å². The molecule has 4 heteroatoms. The Morgan fingerprint density at radius 1 is 1.45 bits per heavy atom. The third kappa shape index (κ3) is 0.907. The maximum Gasteiger partial charge on any atom is 0.123 e. The highest BCUT2D eigenvalue weighted by atomic mass is 19.1. The summed E-state index contributed by atoms with van der Waals surface area (Å²) >= 11 is 0. The minimum Gasteiger partial charge on any atom is -0.278 e. The third-order valence-corrected chi connectivity index (χ3v) is 1.54. The zero-order valence-corrected chi connectivity index (χ0v) is 5.63. The maximum absolute atomic E-state index is 12.7. The van der Waals surface area contributed by atoms with Gasteiger partial charge in [-0.2, -0.15) is 5.10 Å². The van der Waals surface area contributed by atoms with Gasteiger partial charge in [-0.25, -0.2) is 4.39 Å². The number of fused-ring (bicyclic) bond motifs is 1. The normalized spacial score (nSPS) is 10.6. The zero-order chi connectivity index (χ0) is 7.84. The van der Waals surface area contributed by atoms with Crippen LogP contribution in [0, 0.1) is 5.82 Å². The van der Waals surface area contributed by atoms with Gasteiger partial charge in [0.15, 0.2) is 0 Å². The topological polar surface area (TPSA) is 28.7 Å². The first kappa shape index (κ1) is 6.40. The van der Waals surface area contributed by atoms with Gasteiger partial charge in [-0.05, 0) is 12.1 Å². The van der Waals surface area contributed by atoms with E-state index in [0.717, 1.165) is 0 Å². The number of benzene rings is 1. The van der Waals surface area contributed by atoms with Crippen LogP contribution < -0.4 is 5.46 Å². The maximum atomic E-state index is 12.7. The van der Waals surface area contributed by atoms with Gasteiger partial charge in [0.25, 0.3) is 0 Å². The molecule has 1 N–H and O–H groups in total. The number of aromatic amines is 1. The van der Waals surface area contributed by atoms with Crippen LogP contribution in [-0.2, 0) is 0 Å². The highest BCUT2D eigenvalue weighted by molar-refractivity contribution is 6.38. The summed E-state index contributed by atoms with van der Waals surface area (Å²) in [5, 5.41) is 7.10. The number of hydrogen-bond donors (Lipinski definition) is 1. The van der Waals surface area contributed by atoms with Gasteiger partial charge in [0, 0.05) is 5.39 Å². The molecular formula is C7H4BFN2. The van der Waals surface area contributed by atoms with Gasteiger partial charge in [-0.15, -0.1) is 0 Å². The van der Waals surface area contributed by atoms with Crippen molar-refractivity contribution in [1.29, 1.82) is 0 Å². The van der Waals surface area contributed by atoms with Crippen LogP contribution >= 0.6 is 0 Å². The predicted molar refractivity (Wildman–Crippen MR) is 41.4 cm³/mol. The van der Waals surface area contributed by atoms with Gasteiger partial charge in [0.05, 0.1) is 11.7 Å². The second-order valence-electron chi connectivity index (χ2n) is 2.33. The van der Waals surface area contributed by atoms with Crippen LogP contribution in [0.15, 0.2) is 18.3 Å². The molecule has 0 aliphatic heterocycles. The van der Waals surface area contributed by atoms with Gasteiger partial charge in [-0.3, -0.25) is 5.10 Å². The number of nitrogens with zero attached hydrogens (tertiary/aromatic N) is 1. The average molecular weight is 146 g/mol. The molecule has 0 spiro atoms. The number of rotatable bonds is 0. The summed E-state index contributed by atoms with van der Waals surface area (Å²) < 4.78 is 12.7. The minimum atomic E-state index is -0.337. The van der Waals surface area contributed by atoms with Crippen LogP contribution in [0.4, 0.5) is 4.39 Å². The summed E-state index contributed by atoms with van der Waals surface area (Å²) in [5.41, 5.74) is 1.07. The Labute approximate surface area is 63.8 Å². The van der Waals surface area contributed by atoms with E-state index in [1.807, 2.05) is 0 Å². The smallest absolute Gasteiger partial charge is 0.123 e. The van der Waals surface area contributed by atoms with Crippen molar-refractivity contribution in [3.63, 3.8) is 0 Å². The van der Waals surface area contributed by atoms with Crippen LogP contribution in [0.1, 0.15) is 0 Å². The second-order valence-corrected chi connectivity index (χ2v) is 2.33. The van der Waals surface area contributed by atoms with E-state index >= 15 is 0 Å². The molecule has 0 atom stereocenters. The molecule has 0 saturated carbocycles. The van der Waals surface area contributed by atoms with E-state index in [1.165, 1.54) is 18.3 Å². The van der Waals surface area contributed by atoms with Crippen molar-refractivity contribution in [3.8, 4) is 0 Å². The molecule has 0 fully saturated rings. The number of H-pyrrole nitrogens is 1. The molecule has 0 saturated heterocycles. The van der Waals surface area contributed by atoms with Crippen LogP contribution in [-0.4, -0.2) is 18.0 Å². The van der Waals surface area contributed by atoms with Crippen molar-refractivity contribution in [2.75, 3.05) is 0 Å². The van der Waals surface area contributed by atoms with Gasteiger partial charge in [0.2, 0.25) is 0 Å². The Kier molecular flexibility index (Phi) is 1.21. The summed E-state index contributed by atoms with van der Waals surface area (Å²) in [6.07, 6.45) is 1.54. The molecule has 1 heterocycles. The molecule has 11 heavy (non-hydrogen) atoms.